The molecule has 5 rings (SSSR count). The second kappa shape index (κ2) is 9.07. The Morgan fingerprint density at radius 2 is 1.72 bits per heavy atom. The molecule has 0 aliphatic rings. The molecule has 0 radical (unpaired) electrons. The van der Waals surface area contributed by atoms with E-state index >= 15 is 0 Å². The first kappa shape index (κ1) is 24.0. The molecule has 2 N–H and O–H groups in total. The van der Waals surface area contributed by atoms with E-state index in [0.29, 0.717) is 47.0 Å². The van der Waals surface area contributed by atoms with Crippen LogP contribution in [-0.2, 0) is 12.1 Å². The average molecular weight is 497 g/mol. The quantitative estimate of drug-likeness (QED) is 0.230. The molecule has 1 unspecified atom stereocenters. The van der Waals surface area contributed by atoms with Gasteiger partial charge in [0.1, 0.15) is 5.82 Å². The van der Waals surface area contributed by atoms with Crippen molar-refractivity contribution in [3.8, 4) is 5.69 Å². The van der Waals surface area contributed by atoms with Crippen molar-refractivity contribution >= 4 is 21.8 Å². The van der Waals surface area contributed by atoms with Crippen LogP contribution in [-0.4, -0.2) is 39.2 Å². The normalized spacial score (nSPS) is 13.9. The minimum absolute atomic E-state index is 0.222. The monoisotopic (exact) mass is 496 g/mol. The van der Waals surface area contributed by atoms with E-state index in [1.807, 2.05) is 7.05 Å². The van der Waals surface area contributed by atoms with Gasteiger partial charge in [-0.15, -0.1) is 0 Å². The van der Waals surface area contributed by atoms with Gasteiger partial charge in [-0.1, -0.05) is 24.3 Å². The summed E-state index contributed by atoms with van der Waals surface area (Å²) in [6.07, 6.45) is -1.44. The van der Waals surface area contributed by atoms with Crippen LogP contribution in [0, 0.1) is 5.82 Å². The Hall–Kier alpha value is -3.69. The zero-order chi connectivity index (χ0) is 25.5. The lowest BCUT2D eigenvalue weighted by molar-refractivity contribution is -0.247. The first-order valence-electron chi connectivity index (χ1n) is 11.5. The predicted molar refractivity (Wildman–Crippen MR) is 131 cm³/mol. The SMILES string of the molecule is CNCCCn1cc(C(O)(c2ccc3c(cnn3-c3ccc(F)cc3)c2)C(F)(F)F)c2ccccc21. The Bertz CT molecular complexity index is 1520. The molecule has 2 heterocycles. The largest absolute Gasteiger partial charge is 0.425 e. The molecule has 5 aromatic rings. The Morgan fingerprint density at radius 3 is 2.44 bits per heavy atom. The van der Waals surface area contributed by atoms with E-state index in [4.69, 9.17) is 0 Å². The minimum atomic E-state index is -4.99. The van der Waals surface area contributed by atoms with Gasteiger partial charge >= 0.3 is 6.18 Å². The number of halogens is 4. The van der Waals surface area contributed by atoms with Gasteiger partial charge in [-0.2, -0.15) is 18.3 Å². The summed E-state index contributed by atoms with van der Waals surface area (Å²) in [5, 5.41) is 19.5. The van der Waals surface area contributed by atoms with Crippen molar-refractivity contribution in [2.75, 3.05) is 13.6 Å². The van der Waals surface area contributed by atoms with Crippen LogP contribution >= 0.6 is 0 Å². The molecule has 3 aromatic carbocycles. The molecule has 0 aliphatic heterocycles. The van der Waals surface area contributed by atoms with Crippen LogP contribution in [0.3, 0.4) is 0 Å². The predicted octanol–water partition coefficient (Wildman–Crippen LogP) is 5.53. The number of para-hydroxylation sites is 1. The number of aromatic nitrogens is 3. The number of hydrogen-bond acceptors (Lipinski definition) is 3. The molecule has 0 amide bonds. The summed E-state index contributed by atoms with van der Waals surface area (Å²) >= 11 is 0. The van der Waals surface area contributed by atoms with Gasteiger partial charge in [0.2, 0.25) is 5.60 Å². The molecule has 0 spiro atoms. The average Bonchev–Trinajstić information content (AvgIpc) is 3.45. The summed E-state index contributed by atoms with van der Waals surface area (Å²) in [5.41, 5.74) is -2.05. The molecule has 36 heavy (non-hydrogen) atoms. The fourth-order valence-corrected chi connectivity index (χ4v) is 4.66. The highest BCUT2D eigenvalue weighted by molar-refractivity contribution is 5.87. The second-order valence-electron chi connectivity index (χ2n) is 8.72. The number of aryl methyl sites for hydroxylation is 1. The lowest BCUT2D eigenvalue weighted by atomic mass is 9.85. The van der Waals surface area contributed by atoms with Gasteiger partial charge < -0.3 is 15.0 Å². The third kappa shape index (κ3) is 3.94. The first-order valence-corrected chi connectivity index (χ1v) is 11.5. The number of fused-ring (bicyclic) bond motifs is 2. The van der Waals surface area contributed by atoms with Gasteiger partial charge in [0.25, 0.3) is 0 Å². The summed E-state index contributed by atoms with van der Waals surface area (Å²) in [5.74, 6) is -0.405. The Morgan fingerprint density at radius 1 is 0.972 bits per heavy atom. The highest BCUT2D eigenvalue weighted by Gasteiger charge is 2.57. The van der Waals surface area contributed by atoms with Crippen molar-refractivity contribution in [2.45, 2.75) is 24.7 Å². The van der Waals surface area contributed by atoms with Crippen molar-refractivity contribution in [3.05, 3.63) is 96.1 Å². The van der Waals surface area contributed by atoms with Crippen LogP contribution in [0.15, 0.2) is 79.1 Å². The third-order valence-electron chi connectivity index (χ3n) is 6.47. The van der Waals surface area contributed by atoms with Gasteiger partial charge in [-0.05, 0) is 68.0 Å². The second-order valence-corrected chi connectivity index (χ2v) is 8.72. The van der Waals surface area contributed by atoms with Crippen LogP contribution < -0.4 is 5.32 Å². The van der Waals surface area contributed by atoms with Crippen LogP contribution in [0.2, 0.25) is 0 Å². The van der Waals surface area contributed by atoms with Gasteiger partial charge in [-0.3, -0.25) is 0 Å². The van der Waals surface area contributed by atoms with Crippen molar-refractivity contribution < 1.29 is 22.7 Å². The number of alkyl halides is 3. The number of rotatable bonds is 7. The van der Waals surface area contributed by atoms with E-state index in [-0.39, 0.29) is 11.1 Å². The van der Waals surface area contributed by atoms with E-state index in [1.165, 1.54) is 59.5 Å². The zero-order valence-corrected chi connectivity index (χ0v) is 19.4. The maximum absolute atomic E-state index is 14.7. The summed E-state index contributed by atoms with van der Waals surface area (Å²) < 4.78 is 60.7. The number of hydrogen-bond donors (Lipinski definition) is 2. The molecule has 2 aromatic heterocycles. The number of benzene rings is 3. The van der Waals surface area contributed by atoms with Crippen molar-refractivity contribution in [3.63, 3.8) is 0 Å². The van der Waals surface area contributed by atoms with Crippen molar-refractivity contribution in [1.29, 1.82) is 0 Å². The molecule has 0 bridgehead atoms. The first-order chi connectivity index (χ1) is 17.2. The molecule has 0 fully saturated rings. The van der Waals surface area contributed by atoms with Gasteiger partial charge in [-0.25, -0.2) is 9.07 Å². The van der Waals surface area contributed by atoms with E-state index in [0.717, 1.165) is 0 Å². The number of nitrogens with one attached hydrogen (secondary N) is 1. The van der Waals surface area contributed by atoms with Gasteiger partial charge in [0.15, 0.2) is 0 Å². The fraction of sp³-hybridized carbons (Fsp3) is 0.222. The maximum Gasteiger partial charge on any atom is 0.425 e. The van der Waals surface area contributed by atoms with Gasteiger partial charge in [0, 0.05) is 34.6 Å². The molecule has 0 aliphatic carbocycles. The van der Waals surface area contributed by atoms with E-state index in [1.54, 1.807) is 28.8 Å². The molecule has 186 valence electrons. The van der Waals surface area contributed by atoms with Crippen LogP contribution in [0.5, 0.6) is 0 Å². The van der Waals surface area contributed by atoms with Crippen molar-refractivity contribution in [1.82, 2.24) is 19.7 Å². The lowest BCUT2D eigenvalue weighted by Crippen LogP contribution is -2.43. The van der Waals surface area contributed by atoms with Crippen LogP contribution in [0.25, 0.3) is 27.5 Å². The summed E-state index contributed by atoms with van der Waals surface area (Å²) in [6, 6.07) is 16.5. The van der Waals surface area contributed by atoms with E-state index in [9.17, 15) is 22.7 Å². The van der Waals surface area contributed by atoms with Crippen LogP contribution in [0.1, 0.15) is 17.5 Å². The number of aliphatic hydroxyl groups is 1. The highest BCUT2D eigenvalue weighted by atomic mass is 19.4. The van der Waals surface area contributed by atoms with Crippen LogP contribution in [0.4, 0.5) is 17.6 Å². The fourth-order valence-electron chi connectivity index (χ4n) is 4.66. The Labute approximate surface area is 204 Å². The summed E-state index contributed by atoms with van der Waals surface area (Å²) in [7, 11) is 1.82. The number of nitrogens with zero attached hydrogens (tertiary/aromatic N) is 3. The molecule has 0 saturated carbocycles. The molecule has 0 saturated heterocycles. The van der Waals surface area contributed by atoms with E-state index < -0.39 is 17.6 Å². The molecule has 9 heteroatoms. The smallest absolute Gasteiger partial charge is 0.372 e. The minimum Gasteiger partial charge on any atom is -0.372 e. The summed E-state index contributed by atoms with van der Waals surface area (Å²) in [6.45, 7) is 1.21. The Kier molecular flexibility index (Phi) is 6.05. The zero-order valence-electron chi connectivity index (χ0n) is 19.4. The Balaban J connectivity index is 1.65. The highest BCUT2D eigenvalue weighted by Crippen LogP contribution is 2.47. The van der Waals surface area contributed by atoms with E-state index in [2.05, 4.69) is 10.4 Å². The topological polar surface area (TPSA) is 55.0 Å². The third-order valence-corrected chi connectivity index (χ3v) is 6.47. The molecule has 1 atom stereocenters. The molecular formula is C27H24F4N4O. The molecular weight excluding hydrogens is 472 g/mol. The maximum atomic E-state index is 14.7. The van der Waals surface area contributed by atoms with Gasteiger partial charge in [0.05, 0.1) is 17.4 Å². The summed E-state index contributed by atoms with van der Waals surface area (Å²) in [4.78, 5) is 0. The molecule has 5 nitrogen and oxygen atoms in total. The lowest BCUT2D eigenvalue weighted by Gasteiger charge is -2.31. The van der Waals surface area contributed by atoms with Crippen molar-refractivity contribution in [2.24, 2.45) is 0 Å². The standard InChI is InChI=1S/C27H24F4N4O/c1-32-13-4-14-34-17-23(22-5-2-3-6-25(22)34)26(36,27(29,30)31)19-7-12-24-18(15-19)16-33-35(24)21-10-8-20(28)9-11-21/h2-3,5-12,15-17,32,36H,4,13-14H2,1H3.